The molecule has 3 nitrogen and oxygen atoms in total. The van der Waals surface area contributed by atoms with E-state index in [0.717, 1.165) is 10.8 Å². The number of anilines is 1. The van der Waals surface area contributed by atoms with E-state index in [1.165, 1.54) is 5.56 Å². The maximum absolute atomic E-state index is 4.41. The molecule has 0 aromatic carbocycles. The average molecular weight is 193 g/mol. The molecule has 0 atom stereocenters. The number of hydrogen-bond acceptors (Lipinski definition) is 3. The van der Waals surface area contributed by atoms with Gasteiger partial charge in [0.2, 0.25) is 0 Å². The topological polar surface area (TPSA) is 29.9 Å². The monoisotopic (exact) mass is 193 g/mol. The first-order valence-electron chi connectivity index (χ1n) is 4.05. The van der Waals surface area contributed by atoms with Gasteiger partial charge in [-0.1, -0.05) is 0 Å². The standard InChI is InChI=1S/C9H11N3S/c1-10-9-11-8(6-13-9)7-3-4-12(2)5-7/h3-6H,1-2H3,(H,10,11). The molecule has 1 N–H and O–H groups in total. The van der Waals surface area contributed by atoms with Crippen LogP contribution >= 0.6 is 11.3 Å². The Bertz CT molecular complexity index is 402. The Morgan fingerprint density at radius 3 is 2.92 bits per heavy atom. The summed E-state index contributed by atoms with van der Waals surface area (Å²) in [5.41, 5.74) is 2.20. The summed E-state index contributed by atoms with van der Waals surface area (Å²) in [7, 11) is 3.89. The van der Waals surface area contributed by atoms with Crippen LogP contribution in [-0.4, -0.2) is 16.6 Å². The van der Waals surface area contributed by atoms with E-state index in [0.29, 0.717) is 0 Å². The quantitative estimate of drug-likeness (QED) is 0.792. The number of aryl methyl sites for hydroxylation is 1. The molecule has 0 aliphatic carbocycles. The lowest BCUT2D eigenvalue weighted by Gasteiger charge is -1.90. The first-order valence-corrected chi connectivity index (χ1v) is 4.93. The molecule has 0 aliphatic rings. The fraction of sp³-hybridized carbons (Fsp3) is 0.222. The minimum atomic E-state index is 0.957. The van der Waals surface area contributed by atoms with Crippen LogP contribution in [0.25, 0.3) is 11.3 Å². The molecule has 0 saturated carbocycles. The second-order valence-electron chi connectivity index (χ2n) is 2.85. The number of hydrogen-bond donors (Lipinski definition) is 1. The lowest BCUT2D eigenvalue weighted by atomic mass is 10.3. The van der Waals surface area contributed by atoms with Gasteiger partial charge in [-0.2, -0.15) is 0 Å². The smallest absolute Gasteiger partial charge is 0.182 e. The van der Waals surface area contributed by atoms with Crippen molar-refractivity contribution in [3.63, 3.8) is 0 Å². The molecule has 0 fully saturated rings. The van der Waals surface area contributed by atoms with Gasteiger partial charge in [-0.25, -0.2) is 4.98 Å². The van der Waals surface area contributed by atoms with Crippen molar-refractivity contribution >= 4 is 16.5 Å². The van der Waals surface area contributed by atoms with Crippen molar-refractivity contribution in [3.05, 3.63) is 23.8 Å². The summed E-state index contributed by atoms with van der Waals surface area (Å²) < 4.78 is 2.02. The lowest BCUT2D eigenvalue weighted by molar-refractivity contribution is 0.928. The van der Waals surface area contributed by atoms with Crippen molar-refractivity contribution in [2.75, 3.05) is 12.4 Å². The maximum Gasteiger partial charge on any atom is 0.182 e. The van der Waals surface area contributed by atoms with Gasteiger partial charge in [-0.15, -0.1) is 11.3 Å². The molecule has 0 aliphatic heterocycles. The summed E-state index contributed by atoms with van der Waals surface area (Å²) in [4.78, 5) is 4.41. The summed E-state index contributed by atoms with van der Waals surface area (Å²) >= 11 is 1.62. The van der Waals surface area contributed by atoms with Crippen LogP contribution in [0.4, 0.5) is 5.13 Å². The van der Waals surface area contributed by atoms with Crippen LogP contribution in [0.5, 0.6) is 0 Å². The third-order valence-corrected chi connectivity index (χ3v) is 2.71. The van der Waals surface area contributed by atoms with Gasteiger partial charge < -0.3 is 9.88 Å². The third kappa shape index (κ3) is 1.58. The van der Waals surface area contributed by atoms with Crippen molar-refractivity contribution in [2.24, 2.45) is 7.05 Å². The van der Waals surface area contributed by atoms with Crippen LogP contribution in [0.15, 0.2) is 23.8 Å². The first kappa shape index (κ1) is 8.31. The van der Waals surface area contributed by atoms with Crippen LogP contribution in [-0.2, 0) is 7.05 Å². The molecule has 0 saturated heterocycles. The SMILES string of the molecule is CNc1nc(-c2ccn(C)c2)cs1. The molecule has 2 aromatic rings. The zero-order valence-electron chi connectivity index (χ0n) is 7.61. The van der Waals surface area contributed by atoms with Gasteiger partial charge in [-0.05, 0) is 6.07 Å². The summed E-state index contributed by atoms with van der Waals surface area (Å²) in [6.45, 7) is 0. The van der Waals surface area contributed by atoms with Gasteiger partial charge in [-0.3, -0.25) is 0 Å². The van der Waals surface area contributed by atoms with Gasteiger partial charge in [0.1, 0.15) is 0 Å². The summed E-state index contributed by atoms with van der Waals surface area (Å²) in [5.74, 6) is 0. The second-order valence-corrected chi connectivity index (χ2v) is 3.71. The Morgan fingerprint density at radius 2 is 2.38 bits per heavy atom. The highest BCUT2D eigenvalue weighted by atomic mass is 32.1. The summed E-state index contributed by atoms with van der Waals surface area (Å²) in [5, 5.41) is 6.04. The normalized spacial score (nSPS) is 10.3. The number of thiazole rings is 1. The highest BCUT2D eigenvalue weighted by Gasteiger charge is 2.03. The van der Waals surface area contributed by atoms with Crippen LogP contribution in [0.2, 0.25) is 0 Å². The number of rotatable bonds is 2. The summed E-state index contributed by atoms with van der Waals surface area (Å²) in [6, 6.07) is 2.06. The highest BCUT2D eigenvalue weighted by Crippen LogP contribution is 2.24. The fourth-order valence-corrected chi connectivity index (χ4v) is 1.86. The largest absolute Gasteiger partial charge is 0.365 e. The van der Waals surface area contributed by atoms with Crippen molar-refractivity contribution in [3.8, 4) is 11.3 Å². The number of aromatic nitrogens is 2. The third-order valence-electron chi connectivity index (χ3n) is 1.85. The molecular weight excluding hydrogens is 182 g/mol. The van der Waals surface area contributed by atoms with Gasteiger partial charge in [0, 0.05) is 37.4 Å². The van der Waals surface area contributed by atoms with Crippen molar-refractivity contribution in [1.29, 1.82) is 0 Å². The molecule has 0 amide bonds. The molecule has 0 unspecified atom stereocenters. The molecule has 0 bridgehead atoms. The van der Waals surface area contributed by atoms with E-state index in [1.54, 1.807) is 11.3 Å². The minimum absolute atomic E-state index is 0.957. The number of nitrogens with zero attached hydrogens (tertiary/aromatic N) is 2. The zero-order valence-corrected chi connectivity index (χ0v) is 8.43. The number of nitrogens with one attached hydrogen (secondary N) is 1. The molecule has 13 heavy (non-hydrogen) atoms. The molecular formula is C9H11N3S. The van der Waals surface area contributed by atoms with Gasteiger partial charge >= 0.3 is 0 Å². The van der Waals surface area contributed by atoms with E-state index in [9.17, 15) is 0 Å². The Hall–Kier alpha value is -1.29. The van der Waals surface area contributed by atoms with Crippen LogP contribution in [0.3, 0.4) is 0 Å². The molecule has 2 heterocycles. The Kier molecular flexibility index (Phi) is 2.06. The van der Waals surface area contributed by atoms with Gasteiger partial charge in [0.05, 0.1) is 5.69 Å². The first-order chi connectivity index (χ1) is 6.29. The molecule has 2 aromatic heterocycles. The Morgan fingerprint density at radius 1 is 1.54 bits per heavy atom. The fourth-order valence-electron chi connectivity index (χ4n) is 1.18. The van der Waals surface area contributed by atoms with Gasteiger partial charge in [0.25, 0.3) is 0 Å². The van der Waals surface area contributed by atoms with E-state index >= 15 is 0 Å². The molecule has 0 spiro atoms. The second kappa shape index (κ2) is 3.22. The zero-order chi connectivity index (χ0) is 9.26. The lowest BCUT2D eigenvalue weighted by Crippen LogP contribution is -1.85. The highest BCUT2D eigenvalue weighted by molar-refractivity contribution is 7.14. The minimum Gasteiger partial charge on any atom is -0.365 e. The summed E-state index contributed by atoms with van der Waals surface area (Å²) in [6.07, 6.45) is 4.09. The predicted octanol–water partition coefficient (Wildman–Crippen LogP) is 2.19. The van der Waals surface area contributed by atoms with Crippen LogP contribution in [0.1, 0.15) is 0 Å². The van der Waals surface area contributed by atoms with Gasteiger partial charge in [0.15, 0.2) is 5.13 Å². The Balaban J connectivity index is 2.35. The van der Waals surface area contributed by atoms with Crippen molar-refractivity contribution < 1.29 is 0 Å². The molecule has 0 radical (unpaired) electrons. The molecule has 2 rings (SSSR count). The van der Waals surface area contributed by atoms with E-state index in [4.69, 9.17) is 0 Å². The maximum atomic E-state index is 4.41. The Labute approximate surface area is 81.0 Å². The van der Waals surface area contributed by atoms with E-state index < -0.39 is 0 Å². The predicted molar refractivity (Wildman–Crippen MR) is 56.1 cm³/mol. The molecule has 68 valence electrons. The molecule has 4 heteroatoms. The van der Waals surface area contributed by atoms with Crippen LogP contribution < -0.4 is 5.32 Å². The van der Waals surface area contributed by atoms with E-state index in [2.05, 4.69) is 27.9 Å². The van der Waals surface area contributed by atoms with Crippen molar-refractivity contribution in [1.82, 2.24) is 9.55 Å². The van der Waals surface area contributed by atoms with Crippen molar-refractivity contribution in [2.45, 2.75) is 0 Å². The average Bonchev–Trinajstić information content (AvgIpc) is 2.71. The van der Waals surface area contributed by atoms with Crippen LogP contribution in [0, 0.1) is 0 Å². The van der Waals surface area contributed by atoms with E-state index in [-0.39, 0.29) is 0 Å². The van der Waals surface area contributed by atoms with E-state index in [1.807, 2.05) is 24.9 Å².